The lowest BCUT2D eigenvalue weighted by Crippen LogP contribution is -2.38. The number of halogens is 1. The number of nitrogens with two attached hydrogens (primary N) is 1. The topological polar surface area (TPSA) is 63.4 Å². The van der Waals surface area contributed by atoms with Gasteiger partial charge in [0.15, 0.2) is 0 Å². The number of aryl methyl sites for hydroxylation is 1. The van der Waals surface area contributed by atoms with Gasteiger partial charge in [-0.15, -0.1) is 0 Å². The van der Waals surface area contributed by atoms with Crippen LogP contribution in [0.4, 0.5) is 5.69 Å². The predicted molar refractivity (Wildman–Crippen MR) is 85.1 cm³/mol. The summed E-state index contributed by atoms with van der Waals surface area (Å²) in [7, 11) is -3.47. The molecule has 0 aliphatic heterocycles. The Morgan fingerprint density at radius 2 is 1.95 bits per heavy atom. The van der Waals surface area contributed by atoms with Crippen molar-refractivity contribution < 1.29 is 8.42 Å². The molecule has 4 nitrogen and oxygen atoms in total. The Kier molecular flexibility index (Phi) is 4.76. The molecule has 1 saturated carbocycles. The van der Waals surface area contributed by atoms with Crippen molar-refractivity contribution in [2.75, 3.05) is 12.3 Å². The van der Waals surface area contributed by atoms with Gasteiger partial charge in [-0.2, -0.15) is 4.31 Å². The van der Waals surface area contributed by atoms with E-state index in [2.05, 4.69) is 15.9 Å². The van der Waals surface area contributed by atoms with E-state index >= 15 is 0 Å². The lowest BCUT2D eigenvalue weighted by Gasteiger charge is -2.27. The number of hydrogen-bond acceptors (Lipinski definition) is 3. The average Bonchev–Trinajstić information content (AvgIpc) is 2.87. The van der Waals surface area contributed by atoms with Gasteiger partial charge >= 0.3 is 0 Å². The maximum Gasteiger partial charge on any atom is 0.243 e. The third kappa shape index (κ3) is 2.87. The summed E-state index contributed by atoms with van der Waals surface area (Å²) in [5, 5.41) is 0. The largest absolute Gasteiger partial charge is 0.398 e. The Morgan fingerprint density at radius 3 is 2.50 bits per heavy atom. The molecular weight excluding hydrogens is 340 g/mol. The molecule has 20 heavy (non-hydrogen) atoms. The van der Waals surface area contributed by atoms with Gasteiger partial charge in [0.1, 0.15) is 0 Å². The van der Waals surface area contributed by atoms with Gasteiger partial charge in [0.25, 0.3) is 0 Å². The van der Waals surface area contributed by atoms with E-state index in [9.17, 15) is 8.42 Å². The number of nitrogens with zero attached hydrogens (tertiary/aromatic N) is 1. The van der Waals surface area contributed by atoms with Gasteiger partial charge in [-0.05, 0) is 53.4 Å². The molecule has 0 aromatic heterocycles. The van der Waals surface area contributed by atoms with Crippen LogP contribution in [0.15, 0.2) is 21.5 Å². The number of nitrogen functional groups attached to an aromatic ring is 1. The molecule has 1 aromatic carbocycles. The van der Waals surface area contributed by atoms with Crippen molar-refractivity contribution in [3.63, 3.8) is 0 Å². The van der Waals surface area contributed by atoms with E-state index in [1.807, 2.05) is 6.92 Å². The monoisotopic (exact) mass is 360 g/mol. The van der Waals surface area contributed by atoms with Gasteiger partial charge in [0.05, 0.1) is 4.90 Å². The Hall–Kier alpha value is -0.590. The summed E-state index contributed by atoms with van der Waals surface area (Å²) in [6.07, 6.45) is 4.13. The zero-order valence-corrected chi connectivity index (χ0v) is 14.3. The van der Waals surface area contributed by atoms with Crippen LogP contribution < -0.4 is 5.73 Å². The first kappa shape index (κ1) is 15.8. The van der Waals surface area contributed by atoms with Crippen LogP contribution in [0.2, 0.25) is 0 Å². The van der Waals surface area contributed by atoms with Crippen LogP contribution >= 0.6 is 15.9 Å². The second-order valence-corrected chi connectivity index (χ2v) is 8.00. The van der Waals surface area contributed by atoms with Crippen LogP contribution in [-0.4, -0.2) is 25.3 Å². The molecule has 2 rings (SSSR count). The zero-order chi connectivity index (χ0) is 14.9. The first-order valence-electron chi connectivity index (χ1n) is 6.95. The highest BCUT2D eigenvalue weighted by atomic mass is 79.9. The standard InChI is InChI=1S/C14H21BrN2O2S/c1-3-17(11-6-4-5-7-11)20(18,19)14-9-13(16)12(15)8-10(14)2/h8-9,11H,3-7,16H2,1-2H3. The van der Waals surface area contributed by atoms with E-state index in [1.165, 1.54) is 0 Å². The molecule has 0 atom stereocenters. The van der Waals surface area contributed by atoms with E-state index in [1.54, 1.807) is 23.4 Å². The summed E-state index contributed by atoms with van der Waals surface area (Å²) in [6.45, 7) is 4.20. The molecule has 0 amide bonds. The van der Waals surface area contributed by atoms with Crippen LogP contribution in [0.3, 0.4) is 0 Å². The molecule has 0 saturated heterocycles. The minimum Gasteiger partial charge on any atom is -0.398 e. The number of hydrogen-bond donors (Lipinski definition) is 1. The normalized spacial score (nSPS) is 17.0. The van der Waals surface area contributed by atoms with Crippen LogP contribution in [0.1, 0.15) is 38.2 Å². The fourth-order valence-corrected chi connectivity index (χ4v) is 5.28. The third-order valence-electron chi connectivity index (χ3n) is 3.92. The molecule has 1 aliphatic carbocycles. The van der Waals surface area contributed by atoms with Crippen molar-refractivity contribution in [3.8, 4) is 0 Å². The molecule has 112 valence electrons. The molecule has 0 unspecified atom stereocenters. The van der Waals surface area contributed by atoms with Gasteiger partial charge in [0, 0.05) is 22.7 Å². The van der Waals surface area contributed by atoms with Crippen molar-refractivity contribution in [2.45, 2.75) is 50.5 Å². The van der Waals surface area contributed by atoms with Crippen LogP contribution in [0, 0.1) is 6.92 Å². The first-order chi connectivity index (χ1) is 9.37. The van der Waals surface area contributed by atoms with Crippen molar-refractivity contribution in [2.24, 2.45) is 0 Å². The Morgan fingerprint density at radius 1 is 1.35 bits per heavy atom. The highest BCUT2D eigenvalue weighted by molar-refractivity contribution is 9.10. The molecule has 6 heteroatoms. The molecule has 0 heterocycles. The summed E-state index contributed by atoms with van der Waals surface area (Å²) in [5.74, 6) is 0. The highest BCUT2D eigenvalue weighted by Crippen LogP contribution is 2.32. The maximum atomic E-state index is 12.9. The molecule has 0 bridgehead atoms. The Bertz CT molecular complexity index is 595. The fraction of sp³-hybridized carbons (Fsp3) is 0.571. The van der Waals surface area contributed by atoms with Crippen molar-refractivity contribution in [1.82, 2.24) is 4.31 Å². The minimum atomic E-state index is -3.47. The second-order valence-electron chi connectivity index (χ2n) is 5.29. The number of rotatable bonds is 4. The number of benzene rings is 1. The second kappa shape index (κ2) is 6.03. The van der Waals surface area contributed by atoms with E-state index in [-0.39, 0.29) is 6.04 Å². The maximum absolute atomic E-state index is 12.9. The Balaban J connectivity index is 2.45. The van der Waals surface area contributed by atoms with Gasteiger partial charge in [-0.1, -0.05) is 19.8 Å². The van der Waals surface area contributed by atoms with Gasteiger partial charge in [0.2, 0.25) is 10.0 Å². The molecule has 0 spiro atoms. The fourth-order valence-electron chi connectivity index (χ4n) is 2.89. The lowest BCUT2D eigenvalue weighted by molar-refractivity contribution is 0.335. The SMILES string of the molecule is CCN(C1CCCC1)S(=O)(=O)c1cc(N)c(Br)cc1C. The minimum absolute atomic E-state index is 0.134. The molecule has 1 fully saturated rings. The van der Waals surface area contributed by atoms with E-state index in [4.69, 9.17) is 5.73 Å². The van der Waals surface area contributed by atoms with Crippen LogP contribution in [-0.2, 0) is 10.0 Å². The summed E-state index contributed by atoms with van der Waals surface area (Å²) < 4.78 is 28.1. The first-order valence-corrected chi connectivity index (χ1v) is 9.18. The van der Waals surface area contributed by atoms with Gasteiger partial charge in [-0.3, -0.25) is 0 Å². The quantitative estimate of drug-likeness (QED) is 0.837. The van der Waals surface area contributed by atoms with E-state index < -0.39 is 10.0 Å². The van der Waals surface area contributed by atoms with Crippen molar-refractivity contribution in [1.29, 1.82) is 0 Å². The smallest absolute Gasteiger partial charge is 0.243 e. The molecule has 1 aliphatic rings. The predicted octanol–water partition coefficient (Wildman–Crippen LogP) is 3.29. The Labute approximate surface area is 129 Å². The summed E-state index contributed by atoms with van der Waals surface area (Å²) in [4.78, 5) is 0.326. The summed E-state index contributed by atoms with van der Waals surface area (Å²) >= 11 is 3.33. The number of sulfonamides is 1. The molecule has 0 radical (unpaired) electrons. The molecule has 1 aromatic rings. The van der Waals surface area contributed by atoms with Gasteiger partial charge < -0.3 is 5.73 Å². The zero-order valence-electron chi connectivity index (χ0n) is 11.9. The van der Waals surface area contributed by atoms with E-state index in [0.717, 1.165) is 35.7 Å². The molecule has 2 N–H and O–H groups in total. The van der Waals surface area contributed by atoms with Crippen LogP contribution in [0.5, 0.6) is 0 Å². The summed E-state index contributed by atoms with van der Waals surface area (Å²) in [5.41, 5.74) is 7.03. The van der Waals surface area contributed by atoms with Crippen molar-refractivity contribution in [3.05, 3.63) is 22.2 Å². The van der Waals surface area contributed by atoms with Crippen LogP contribution in [0.25, 0.3) is 0 Å². The summed E-state index contributed by atoms with van der Waals surface area (Å²) in [6, 6.07) is 3.46. The van der Waals surface area contributed by atoms with E-state index in [0.29, 0.717) is 17.1 Å². The lowest BCUT2D eigenvalue weighted by atomic mass is 10.2. The average molecular weight is 361 g/mol. The highest BCUT2D eigenvalue weighted by Gasteiger charge is 2.33. The molecular formula is C14H21BrN2O2S. The van der Waals surface area contributed by atoms with Gasteiger partial charge in [-0.25, -0.2) is 8.42 Å². The van der Waals surface area contributed by atoms with Crippen molar-refractivity contribution >= 4 is 31.6 Å². The number of anilines is 1. The third-order valence-corrected chi connectivity index (χ3v) is 6.78.